The third kappa shape index (κ3) is 6.48. The standard InChI is InChI=1S/C18H27ClN4O3S/c1-3-22-7-9-23(10-8-22)16-5-4-13(12-14(16)19)20-18(26)21-15(17(24)25)6-11-27-2/h4-5,12,15H,3,6-11H2,1-2H3,(H,24,25)(H2,20,21,26). The highest BCUT2D eigenvalue weighted by molar-refractivity contribution is 7.98. The molecule has 1 atom stereocenters. The van der Waals surface area contributed by atoms with Crippen molar-refractivity contribution in [1.29, 1.82) is 0 Å². The number of carbonyl (C=O) groups excluding carboxylic acids is 1. The minimum absolute atomic E-state index is 0.368. The monoisotopic (exact) mass is 414 g/mol. The Labute approximate surface area is 169 Å². The fourth-order valence-corrected chi connectivity index (χ4v) is 3.74. The van der Waals surface area contributed by atoms with Crippen LogP contribution in [0.15, 0.2) is 18.2 Å². The van der Waals surface area contributed by atoms with Crippen molar-refractivity contribution >= 4 is 46.7 Å². The van der Waals surface area contributed by atoms with Crippen LogP contribution in [0.3, 0.4) is 0 Å². The second-order valence-corrected chi connectivity index (χ2v) is 7.75. The van der Waals surface area contributed by atoms with Crippen LogP contribution in [-0.2, 0) is 4.79 Å². The molecule has 2 amide bonds. The van der Waals surface area contributed by atoms with Gasteiger partial charge in [-0.15, -0.1) is 0 Å². The van der Waals surface area contributed by atoms with Gasteiger partial charge in [-0.1, -0.05) is 18.5 Å². The minimum atomic E-state index is -1.04. The maximum absolute atomic E-state index is 12.1. The van der Waals surface area contributed by atoms with E-state index in [0.717, 1.165) is 38.4 Å². The number of halogens is 1. The lowest BCUT2D eigenvalue weighted by molar-refractivity contribution is -0.139. The van der Waals surface area contributed by atoms with E-state index in [1.54, 1.807) is 12.1 Å². The molecule has 0 bridgehead atoms. The molecule has 27 heavy (non-hydrogen) atoms. The molecule has 3 N–H and O–H groups in total. The van der Waals surface area contributed by atoms with Crippen LogP contribution in [0.5, 0.6) is 0 Å². The highest BCUT2D eigenvalue weighted by Gasteiger charge is 2.20. The van der Waals surface area contributed by atoms with Gasteiger partial charge in [-0.05, 0) is 43.2 Å². The zero-order valence-electron chi connectivity index (χ0n) is 15.7. The summed E-state index contributed by atoms with van der Waals surface area (Å²) in [5, 5.41) is 14.9. The van der Waals surface area contributed by atoms with Crippen LogP contribution in [0.1, 0.15) is 13.3 Å². The lowest BCUT2D eigenvalue weighted by atomic mass is 10.2. The number of anilines is 2. The van der Waals surface area contributed by atoms with Gasteiger partial charge in [0.25, 0.3) is 0 Å². The van der Waals surface area contributed by atoms with Crippen molar-refractivity contribution < 1.29 is 14.7 Å². The largest absolute Gasteiger partial charge is 0.480 e. The molecule has 0 aliphatic carbocycles. The first-order chi connectivity index (χ1) is 12.9. The van der Waals surface area contributed by atoms with Crippen LogP contribution >= 0.6 is 23.4 Å². The molecule has 2 rings (SSSR count). The van der Waals surface area contributed by atoms with E-state index in [1.165, 1.54) is 11.8 Å². The first-order valence-electron chi connectivity index (χ1n) is 9.00. The van der Waals surface area contributed by atoms with Gasteiger partial charge in [-0.3, -0.25) is 0 Å². The van der Waals surface area contributed by atoms with Gasteiger partial charge >= 0.3 is 12.0 Å². The Bertz CT molecular complexity index is 653. The molecule has 1 aromatic rings. The Balaban J connectivity index is 1.94. The molecule has 0 radical (unpaired) electrons. The first-order valence-corrected chi connectivity index (χ1v) is 10.8. The molecule has 0 spiro atoms. The molecular formula is C18H27ClN4O3S. The quantitative estimate of drug-likeness (QED) is 0.606. The molecule has 9 heteroatoms. The van der Waals surface area contributed by atoms with E-state index in [2.05, 4.69) is 27.4 Å². The second-order valence-electron chi connectivity index (χ2n) is 6.36. The molecule has 1 fully saturated rings. The fourth-order valence-electron chi connectivity index (χ4n) is 2.96. The highest BCUT2D eigenvalue weighted by Crippen LogP contribution is 2.29. The predicted octanol–water partition coefficient (Wildman–Crippen LogP) is 2.81. The lowest BCUT2D eigenvalue weighted by Gasteiger charge is -2.36. The van der Waals surface area contributed by atoms with Gasteiger partial charge in [-0.2, -0.15) is 11.8 Å². The molecule has 1 aromatic carbocycles. The van der Waals surface area contributed by atoms with Crippen LogP contribution in [0.2, 0.25) is 5.02 Å². The number of aliphatic carboxylic acids is 1. The fraction of sp³-hybridized carbons (Fsp3) is 0.556. The number of hydrogen-bond donors (Lipinski definition) is 3. The molecule has 7 nitrogen and oxygen atoms in total. The number of carboxylic acids is 1. The van der Waals surface area contributed by atoms with E-state index in [9.17, 15) is 14.7 Å². The lowest BCUT2D eigenvalue weighted by Crippen LogP contribution is -2.46. The molecule has 1 aliphatic heterocycles. The van der Waals surface area contributed by atoms with E-state index >= 15 is 0 Å². The number of thioether (sulfide) groups is 1. The predicted molar refractivity (Wildman–Crippen MR) is 112 cm³/mol. The normalized spacial score (nSPS) is 16.0. The van der Waals surface area contributed by atoms with Crippen LogP contribution in [-0.4, -0.2) is 72.8 Å². The van der Waals surface area contributed by atoms with Crippen molar-refractivity contribution in [2.24, 2.45) is 0 Å². The maximum Gasteiger partial charge on any atom is 0.326 e. The van der Waals surface area contributed by atoms with E-state index in [4.69, 9.17) is 11.6 Å². The van der Waals surface area contributed by atoms with Crippen molar-refractivity contribution in [3.8, 4) is 0 Å². The molecule has 0 aromatic heterocycles. The van der Waals surface area contributed by atoms with Crippen molar-refractivity contribution in [1.82, 2.24) is 10.2 Å². The number of hydrogen-bond acceptors (Lipinski definition) is 5. The number of rotatable bonds is 8. The first kappa shape index (κ1) is 21.7. The number of amides is 2. The van der Waals surface area contributed by atoms with Crippen molar-refractivity contribution in [3.63, 3.8) is 0 Å². The van der Waals surface area contributed by atoms with Crippen molar-refractivity contribution in [3.05, 3.63) is 23.2 Å². The van der Waals surface area contributed by atoms with E-state index in [0.29, 0.717) is 22.9 Å². The molecule has 1 heterocycles. The molecule has 1 aliphatic rings. The van der Waals surface area contributed by atoms with Gasteiger partial charge in [0.05, 0.1) is 10.7 Å². The summed E-state index contributed by atoms with van der Waals surface area (Å²) in [4.78, 5) is 28.0. The van der Waals surface area contributed by atoms with Crippen molar-refractivity contribution in [2.75, 3.05) is 54.9 Å². The topological polar surface area (TPSA) is 84.9 Å². The molecule has 0 saturated carbocycles. The molecule has 1 saturated heterocycles. The Morgan fingerprint density at radius 1 is 1.30 bits per heavy atom. The number of nitrogens with zero attached hydrogens (tertiary/aromatic N) is 2. The second kappa shape index (κ2) is 10.6. The van der Waals surface area contributed by atoms with Gasteiger partial charge in [0.1, 0.15) is 6.04 Å². The molecular weight excluding hydrogens is 388 g/mol. The summed E-state index contributed by atoms with van der Waals surface area (Å²) in [6, 6.07) is 3.90. The summed E-state index contributed by atoms with van der Waals surface area (Å²) < 4.78 is 0. The Kier molecular flexibility index (Phi) is 8.53. The number of carboxylic acid groups (broad SMARTS) is 1. The zero-order chi connectivity index (χ0) is 19.8. The summed E-state index contributed by atoms with van der Waals surface area (Å²) in [5.41, 5.74) is 1.48. The van der Waals surface area contributed by atoms with Crippen LogP contribution in [0.25, 0.3) is 0 Å². The highest BCUT2D eigenvalue weighted by atomic mass is 35.5. The zero-order valence-corrected chi connectivity index (χ0v) is 17.3. The summed E-state index contributed by atoms with van der Waals surface area (Å²) in [6.45, 7) is 7.04. The van der Waals surface area contributed by atoms with Crippen molar-refractivity contribution in [2.45, 2.75) is 19.4 Å². The SMILES string of the molecule is CCN1CCN(c2ccc(NC(=O)NC(CCSC)C(=O)O)cc2Cl)CC1. The number of benzene rings is 1. The number of urea groups is 1. The molecule has 150 valence electrons. The number of nitrogens with one attached hydrogen (secondary N) is 2. The Hall–Kier alpha value is -1.64. The van der Waals surface area contributed by atoms with E-state index in [-0.39, 0.29) is 0 Å². The summed E-state index contributed by atoms with van der Waals surface area (Å²) in [5.74, 6) is -0.387. The van der Waals surface area contributed by atoms with Crippen LogP contribution in [0, 0.1) is 0 Å². The third-order valence-corrected chi connectivity index (χ3v) is 5.53. The van der Waals surface area contributed by atoms with E-state index < -0.39 is 18.0 Å². The number of likely N-dealkylation sites (N-methyl/N-ethyl adjacent to an activating group) is 1. The number of carbonyl (C=O) groups is 2. The van der Waals surface area contributed by atoms with Gasteiger partial charge in [0.15, 0.2) is 0 Å². The van der Waals surface area contributed by atoms with Gasteiger partial charge < -0.3 is 25.5 Å². The van der Waals surface area contributed by atoms with Crippen LogP contribution in [0.4, 0.5) is 16.2 Å². The average Bonchev–Trinajstić information content (AvgIpc) is 2.65. The average molecular weight is 415 g/mol. The van der Waals surface area contributed by atoms with Gasteiger partial charge in [0, 0.05) is 31.9 Å². The smallest absolute Gasteiger partial charge is 0.326 e. The van der Waals surface area contributed by atoms with Gasteiger partial charge in [0.2, 0.25) is 0 Å². The Morgan fingerprint density at radius 2 is 2.00 bits per heavy atom. The number of piperazine rings is 1. The summed E-state index contributed by atoms with van der Waals surface area (Å²) in [6.07, 6.45) is 2.26. The molecule has 1 unspecified atom stereocenters. The van der Waals surface area contributed by atoms with Gasteiger partial charge in [-0.25, -0.2) is 9.59 Å². The summed E-state index contributed by atoms with van der Waals surface area (Å²) >= 11 is 7.95. The van der Waals surface area contributed by atoms with Crippen LogP contribution < -0.4 is 15.5 Å². The minimum Gasteiger partial charge on any atom is -0.480 e. The van der Waals surface area contributed by atoms with E-state index in [1.807, 2.05) is 12.3 Å². The third-order valence-electron chi connectivity index (χ3n) is 4.58. The summed E-state index contributed by atoms with van der Waals surface area (Å²) in [7, 11) is 0. The maximum atomic E-state index is 12.1. The Morgan fingerprint density at radius 3 is 2.56 bits per heavy atom.